The highest BCUT2D eigenvalue weighted by molar-refractivity contribution is 7.14. The van der Waals surface area contributed by atoms with Crippen molar-refractivity contribution >= 4 is 29.8 Å². The topological polar surface area (TPSA) is 17.1 Å². The predicted octanol–water partition coefficient (Wildman–Crippen LogP) is 3.73. The molecule has 0 saturated carbocycles. The molecule has 0 radical (unpaired) electrons. The Labute approximate surface area is 92.7 Å². The molecule has 1 aromatic carbocycles. The average Bonchev–Trinajstić information content (AvgIpc) is 2.76. The summed E-state index contributed by atoms with van der Waals surface area (Å²) in [7, 11) is 0. The van der Waals surface area contributed by atoms with Gasteiger partial charge in [0, 0.05) is 4.88 Å². The third-order valence-electron chi connectivity index (χ3n) is 2.00. The van der Waals surface area contributed by atoms with Crippen LogP contribution < -0.4 is 0 Å². The number of hydrogen-bond donors (Lipinski definition) is 0. The molecule has 0 atom stereocenters. The van der Waals surface area contributed by atoms with Crippen molar-refractivity contribution in [1.82, 2.24) is 0 Å². The van der Waals surface area contributed by atoms with E-state index in [0.29, 0.717) is 0 Å². The molecule has 74 valence electrons. The molecule has 0 N–H and O–H groups in total. The number of benzene rings is 1. The third-order valence-corrected chi connectivity index (χ3v) is 2.98. The highest BCUT2D eigenvalue weighted by Gasteiger charge is 1.94. The quantitative estimate of drug-likeness (QED) is 0.711. The summed E-state index contributed by atoms with van der Waals surface area (Å²) in [5, 5.41) is 0. The summed E-state index contributed by atoms with van der Waals surface area (Å²) in [4.78, 5) is 12.3. The molecule has 0 unspecified atom stereocenters. The predicted molar refractivity (Wildman–Crippen MR) is 65.1 cm³/mol. The fourth-order valence-corrected chi connectivity index (χ4v) is 1.99. The maximum atomic E-state index is 10.5. The Morgan fingerprint density at radius 3 is 2.27 bits per heavy atom. The summed E-state index contributed by atoms with van der Waals surface area (Å²) in [6.07, 6.45) is 4.94. The molecule has 0 aliphatic rings. The van der Waals surface area contributed by atoms with Crippen molar-refractivity contribution in [1.29, 1.82) is 0 Å². The second-order valence-corrected chi connectivity index (χ2v) is 4.25. The van der Waals surface area contributed by atoms with E-state index in [1.54, 1.807) is 0 Å². The van der Waals surface area contributed by atoms with E-state index in [-0.39, 0.29) is 0 Å². The van der Waals surface area contributed by atoms with Gasteiger partial charge in [-0.25, -0.2) is 0 Å². The van der Waals surface area contributed by atoms with Gasteiger partial charge in [-0.3, -0.25) is 4.79 Å². The Kier molecular flexibility index (Phi) is 3.10. The van der Waals surface area contributed by atoms with Crippen LogP contribution in [0.3, 0.4) is 0 Å². The summed E-state index contributed by atoms with van der Waals surface area (Å²) < 4.78 is 0. The van der Waals surface area contributed by atoms with Crippen LogP contribution in [0.1, 0.15) is 20.1 Å². The Hall–Kier alpha value is -1.67. The standard InChI is InChI=1S/C13H10OS/c14-10-13-9-8-12(15-13)7-6-11-4-2-1-3-5-11/h1-10H. The lowest BCUT2D eigenvalue weighted by molar-refractivity contribution is 0.112. The fourth-order valence-electron chi connectivity index (χ4n) is 1.26. The molecule has 1 aromatic heterocycles. The molecule has 0 fully saturated rings. The van der Waals surface area contributed by atoms with E-state index < -0.39 is 0 Å². The Balaban J connectivity index is 2.15. The van der Waals surface area contributed by atoms with E-state index in [0.717, 1.165) is 16.0 Å². The van der Waals surface area contributed by atoms with Gasteiger partial charge < -0.3 is 0 Å². The van der Waals surface area contributed by atoms with Gasteiger partial charge >= 0.3 is 0 Å². The molecule has 0 aliphatic carbocycles. The zero-order valence-electron chi connectivity index (χ0n) is 8.09. The molecule has 0 aliphatic heterocycles. The molecular formula is C13H10OS. The van der Waals surface area contributed by atoms with Crippen molar-refractivity contribution in [2.75, 3.05) is 0 Å². The Morgan fingerprint density at radius 1 is 0.867 bits per heavy atom. The zero-order valence-corrected chi connectivity index (χ0v) is 8.91. The van der Waals surface area contributed by atoms with Gasteiger partial charge in [0.1, 0.15) is 0 Å². The number of rotatable bonds is 3. The van der Waals surface area contributed by atoms with Crippen LogP contribution in [-0.2, 0) is 0 Å². The van der Waals surface area contributed by atoms with E-state index >= 15 is 0 Å². The molecular weight excluding hydrogens is 204 g/mol. The lowest BCUT2D eigenvalue weighted by Crippen LogP contribution is -1.67. The first-order valence-electron chi connectivity index (χ1n) is 4.66. The minimum absolute atomic E-state index is 0.766. The van der Waals surface area contributed by atoms with Crippen molar-refractivity contribution in [3.8, 4) is 0 Å². The monoisotopic (exact) mass is 214 g/mol. The van der Waals surface area contributed by atoms with Crippen LogP contribution in [0.15, 0.2) is 42.5 Å². The van der Waals surface area contributed by atoms with Gasteiger partial charge in [-0.1, -0.05) is 36.4 Å². The van der Waals surface area contributed by atoms with E-state index in [1.165, 1.54) is 16.9 Å². The minimum Gasteiger partial charge on any atom is -0.297 e. The molecule has 0 saturated heterocycles. The van der Waals surface area contributed by atoms with Gasteiger partial charge in [0.15, 0.2) is 6.29 Å². The van der Waals surface area contributed by atoms with Crippen LogP contribution in [0.5, 0.6) is 0 Å². The molecule has 1 heterocycles. The van der Waals surface area contributed by atoms with E-state index in [4.69, 9.17) is 0 Å². The third kappa shape index (κ3) is 2.64. The Morgan fingerprint density at radius 2 is 1.60 bits per heavy atom. The summed E-state index contributed by atoms with van der Waals surface area (Å²) in [5.74, 6) is 0. The number of hydrogen-bond acceptors (Lipinski definition) is 2. The number of carbonyl (C=O) groups excluding carboxylic acids is 1. The SMILES string of the molecule is O=Cc1ccc(C=Cc2ccccc2)s1. The lowest BCUT2D eigenvalue weighted by atomic mass is 10.2. The molecule has 2 heteroatoms. The van der Waals surface area contributed by atoms with Gasteiger partial charge in [-0.15, -0.1) is 11.3 Å². The maximum Gasteiger partial charge on any atom is 0.160 e. The highest BCUT2D eigenvalue weighted by Crippen LogP contribution is 2.17. The van der Waals surface area contributed by atoms with E-state index in [9.17, 15) is 4.79 Å². The van der Waals surface area contributed by atoms with Crippen molar-refractivity contribution in [2.24, 2.45) is 0 Å². The van der Waals surface area contributed by atoms with Gasteiger partial charge in [-0.2, -0.15) is 0 Å². The first kappa shape index (κ1) is 9.87. The summed E-state index contributed by atoms with van der Waals surface area (Å²) >= 11 is 1.50. The van der Waals surface area contributed by atoms with Gasteiger partial charge in [0.05, 0.1) is 4.88 Å². The average molecular weight is 214 g/mol. The zero-order chi connectivity index (χ0) is 10.5. The molecule has 15 heavy (non-hydrogen) atoms. The molecule has 0 bridgehead atoms. The summed E-state index contributed by atoms with van der Waals surface area (Å²) in [6, 6.07) is 13.9. The fraction of sp³-hybridized carbons (Fsp3) is 0. The highest BCUT2D eigenvalue weighted by atomic mass is 32.1. The van der Waals surface area contributed by atoms with E-state index in [2.05, 4.69) is 0 Å². The maximum absolute atomic E-state index is 10.5. The van der Waals surface area contributed by atoms with Gasteiger partial charge in [0.25, 0.3) is 0 Å². The van der Waals surface area contributed by atoms with Gasteiger partial charge in [0.2, 0.25) is 0 Å². The van der Waals surface area contributed by atoms with Crippen molar-refractivity contribution < 1.29 is 4.79 Å². The van der Waals surface area contributed by atoms with Crippen molar-refractivity contribution in [2.45, 2.75) is 0 Å². The number of thiophene rings is 1. The molecule has 2 rings (SSSR count). The molecule has 1 nitrogen and oxygen atoms in total. The minimum atomic E-state index is 0.766. The summed E-state index contributed by atoms with van der Waals surface area (Å²) in [6.45, 7) is 0. The summed E-state index contributed by atoms with van der Waals surface area (Å²) in [5.41, 5.74) is 1.17. The normalized spacial score (nSPS) is 10.7. The van der Waals surface area contributed by atoms with Crippen molar-refractivity contribution in [3.05, 3.63) is 57.8 Å². The lowest BCUT2D eigenvalue weighted by Gasteiger charge is -1.89. The first-order valence-corrected chi connectivity index (χ1v) is 5.48. The molecule has 2 aromatic rings. The van der Waals surface area contributed by atoms with Crippen LogP contribution in [0.2, 0.25) is 0 Å². The van der Waals surface area contributed by atoms with Crippen LogP contribution in [0, 0.1) is 0 Å². The van der Waals surface area contributed by atoms with Gasteiger partial charge in [-0.05, 0) is 23.8 Å². The van der Waals surface area contributed by atoms with E-state index in [1.807, 2.05) is 54.6 Å². The molecule has 0 amide bonds. The number of carbonyl (C=O) groups is 1. The largest absolute Gasteiger partial charge is 0.297 e. The number of aldehydes is 1. The van der Waals surface area contributed by atoms with Crippen LogP contribution in [-0.4, -0.2) is 6.29 Å². The second-order valence-electron chi connectivity index (χ2n) is 3.10. The van der Waals surface area contributed by atoms with Crippen LogP contribution >= 0.6 is 11.3 Å². The van der Waals surface area contributed by atoms with Crippen LogP contribution in [0.25, 0.3) is 12.2 Å². The Bertz CT molecular complexity index is 468. The second kappa shape index (κ2) is 4.71. The smallest absolute Gasteiger partial charge is 0.160 e. The van der Waals surface area contributed by atoms with Crippen molar-refractivity contribution in [3.63, 3.8) is 0 Å². The molecule has 0 spiro atoms. The first-order chi connectivity index (χ1) is 7.38. The van der Waals surface area contributed by atoms with Crippen LogP contribution in [0.4, 0.5) is 0 Å².